The largest absolute Gasteiger partial charge is 0.448 e. The van der Waals surface area contributed by atoms with Gasteiger partial charge >= 0.3 is 7.60 Å². The third kappa shape index (κ3) is 3.59. The molecule has 0 spiro atoms. The Kier molecular flexibility index (Phi) is 4.46. The summed E-state index contributed by atoms with van der Waals surface area (Å²) >= 11 is 0. The first kappa shape index (κ1) is 16.1. The lowest BCUT2D eigenvalue weighted by molar-refractivity contribution is 0.380. The van der Waals surface area contributed by atoms with Crippen molar-refractivity contribution in [3.8, 4) is 11.5 Å². The van der Waals surface area contributed by atoms with E-state index >= 15 is 0 Å². The molecule has 3 rings (SSSR count). The Morgan fingerprint density at radius 1 is 0.870 bits per heavy atom. The molecule has 23 heavy (non-hydrogen) atoms. The van der Waals surface area contributed by atoms with Gasteiger partial charge in [0.2, 0.25) is 0 Å². The van der Waals surface area contributed by atoms with Crippen molar-refractivity contribution in [2.75, 3.05) is 5.75 Å². The molecule has 5 nitrogen and oxygen atoms in total. The zero-order valence-electron chi connectivity index (χ0n) is 12.4. The minimum Gasteiger partial charge on any atom is -0.415 e. The van der Waals surface area contributed by atoms with Crippen molar-refractivity contribution in [2.24, 2.45) is 0 Å². The Balaban J connectivity index is 1.97. The summed E-state index contributed by atoms with van der Waals surface area (Å²) in [6.07, 6.45) is 0.743. The molecule has 1 heterocycles. The van der Waals surface area contributed by atoms with Crippen LogP contribution in [0.5, 0.6) is 11.5 Å². The minimum atomic E-state index is -3.92. The van der Waals surface area contributed by atoms with Gasteiger partial charge in [0.05, 0.1) is 5.75 Å². The Hall–Kier alpha value is -1.78. The number of rotatable bonds is 5. The van der Waals surface area contributed by atoms with Crippen LogP contribution in [0.3, 0.4) is 0 Å². The van der Waals surface area contributed by atoms with E-state index < -0.39 is 22.4 Å². The van der Waals surface area contributed by atoms with Gasteiger partial charge in [0.25, 0.3) is 0 Å². The van der Waals surface area contributed by atoms with Crippen molar-refractivity contribution in [3.63, 3.8) is 0 Å². The van der Waals surface area contributed by atoms with Gasteiger partial charge in [0, 0.05) is 0 Å². The fourth-order valence-corrected chi connectivity index (χ4v) is 7.64. The van der Waals surface area contributed by atoms with Gasteiger partial charge in [-0.05, 0) is 37.1 Å². The Morgan fingerprint density at radius 2 is 1.35 bits per heavy atom. The fourth-order valence-electron chi connectivity index (χ4n) is 2.52. The van der Waals surface area contributed by atoms with Crippen LogP contribution in [-0.2, 0) is 14.4 Å². The molecule has 0 N–H and O–H groups in total. The smallest absolute Gasteiger partial charge is 0.415 e. The van der Waals surface area contributed by atoms with E-state index in [9.17, 15) is 13.0 Å². The maximum absolute atomic E-state index is 13.3. The Labute approximate surface area is 135 Å². The first-order chi connectivity index (χ1) is 11.0. The van der Waals surface area contributed by atoms with Crippen molar-refractivity contribution < 1.29 is 22.0 Å². The third-order valence-corrected chi connectivity index (χ3v) is 9.15. The average Bonchev–Trinajstić information content (AvgIpc) is 2.89. The molecule has 0 aliphatic carbocycles. The van der Waals surface area contributed by atoms with Gasteiger partial charge in [-0.2, -0.15) is 0 Å². The zero-order chi connectivity index (χ0) is 16.3. The van der Waals surface area contributed by atoms with Crippen molar-refractivity contribution in [3.05, 3.63) is 60.7 Å². The highest BCUT2D eigenvalue weighted by Gasteiger charge is 2.50. The molecule has 2 aromatic rings. The number of para-hydroxylation sites is 2. The zero-order valence-corrected chi connectivity index (χ0v) is 14.1. The van der Waals surface area contributed by atoms with Gasteiger partial charge in [-0.3, -0.25) is 0 Å². The lowest BCUT2D eigenvalue weighted by Gasteiger charge is -2.24. The van der Waals surface area contributed by atoms with Gasteiger partial charge in [0.15, 0.2) is 14.8 Å². The molecule has 1 aliphatic heterocycles. The maximum Gasteiger partial charge on any atom is 0.448 e. The van der Waals surface area contributed by atoms with Crippen LogP contribution < -0.4 is 9.05 Å². The Morgan fingerprint density at radius 3 is 1.74 bits per heavy atom. The quantitative estimate of drug-likeness (QED) is 0.764. The van der Waals surface area contributed by atoms with Gasteiger partial charge in [-0.1, -0.05) is 36.4 Å². The predicted octanol–water partition coefficient (Wildman–Crippen LogP) is 3.87. The summed E-state index contributed by atoms with van der Waals surface area (Å²) in [4.78, 5) is -1.13. The van der Waals surface area contributed by atoms with E-state index in [1.54, 1.807) is 60.7 Å². The first-order valence-corrected chi connectivity index (χ1v) is 10.6. The van der Waals surface area contributed by atoms with Crippen LogP contribution in [0.25, 0.3) is 0 Å². The van der Waals surface area contributed by atoms with Crippen LogP contribution >= 0.6 is 7.60 Å². The van der Waals surface area contributed by atoms with Crippen LogP contribution in [0, 0.1) is 0 Å². The summed E-state index contributed by atoms with van der Waals surface area (Å²) in [6, 6.07) is 17.0. The number of benzene rings is 2. The normalized spacial score (nSPS) is 20.1. The molecule has 0 bridgehead atoms. The summed E-state index contributed by atoms with van der Waals surface area (Å²) in [5, 5.41) is 0. The standard InChI is InChI=1S/C16H17O5PS/c17-22(16-12-7-13-23(16,18)19,20-14-8-3-1-4-9-14)21-15-10-5-2-6-11-15/h1-6,8-11,16H,7,12-13H2. The summed E-state index contributed by atoms with van der Waals surface area (Å²) in [6.45, 7) is 0. The van der Waals surface area contributed by atoms with Crippen LogP contribution in [0.15, 0.2) is 60.7 Å². The van der Waals surface area contributed by atoms with E-state index in [1.165, 1.54) is 0 Å². The fraction of sp³-hybridized carbons (Fsp3) is 0.250. The molecular weight excluding hydrogens is 335 g/mol. The first-order valence-electron chi connectivity index (χ1n) is 7.30. The summed E-state index contributed by atoms with van der Waals surface area (Å²) in [5.74, 6) is 0.667. The van der Waals surface area contributed by atoms with Crippen LogP contribution in [-0.4, -0.2) is 19.2 Å². The predicted molar refractivity (Wildman–Crippen MR) is 88.6 cm³/mol. The second-order valence-corrected chi connectivity index (χ2v) is 10.0. The van der Waals surface area contributed by atoms with E-state index in [4.69, 9.17) is 9.05 Å². The van der Waals surface area contributed by atoms with Gasteiger partial charge in [-0.25, -0.2) is 13.0 Å². The molecule has 1 saturated heterocycles. The number of hydrogen-bond donors (Lipinski definition) is 0. The molecule has 2 aromatic carbocycles. The van der Waals surface area contributed by atoms with Crippen molar-refractivity contribution in [1.29, 1.82) is 0 Å². The summed E-state index contributed by atoms with van der Waals surface area (Å²) in [5.41, 5.74) is 0. The monoisotopic (exact) mass is 352 g/mol. The van der Waals surface area contributed by atoms with E-state index in [0.29, 0.717) is 17.9 Å². The van der Waals surface area contributed by atoms with Crippen LogP contribution in [0.2, 0.25) is 0 Å². The second kappa shape index (κ2) is 6.38. The van der Waals surface area contributed by atoms with Gasteiger partial charge in [-0.15, -0.1) is 0 Å². The second-order valence-electron chi connectivity index (χ2n) is 5.31. The van der Waals surface area contributed by atoms with Crippen molar-refractivity contribution >= 4 is 17.4 Å². The topological polar surface area (TPSA) is 69.7 Å². The van der Waals surface area contributed by atoms with Crippen LogP contribution in [0.1, 0.15) is 12.8 Å². The SMILES string of the molecule is O=P(Oc1ccccc1)(Oc1ccccc1)C1CCCS1(=O)=O. The molecular formula is C16H17O5PS. The molecule has 0 amide bonds. The molecule has 7 heteroatoms. The number of hydrogen-bond acceptors (Lipinski definition) is 5. The van der Waals surface area contributed by atoms with E-state index in [2.05, 4.69) is 0 Å². The molecule has 122 valence electrons. The molecule has 1 fully saturated rings. The molecule has 1 unspecified atom stereocenters. The summed E-state index contributed by atoms with van der Waals surface area (Å²) < 4.78 is 49.0. The minimum absolute atomic E-state index is 0.0119. The van der Waals surface area contributed by atoms with Crippen molar-refractivity contribution in [1.82, 2.24) is 0 Å². The molecule has 1 atom stereocenters. The van der Waals surface area contributed by atoms with Crippen LogP contribution in [0.4, 0.5) is 0 Å². The van der Waals surface area contributed by atoms with E-state index in [0.717, 1.165) is 0 Å². The van der Waals surface area contributed by atoms with Gasteiger partial charge in [0.1, 0.15) is 11.5 Å². The van der Waals surface area contributed by atoms with Gasteiger partial charge < -0.3 is 9.05 Å². The highest BCUT2D eigenvalue weighted by atomic mass is 32.2. The highest BCUT2D eigenvalue weighted by Crippen LogP contribution is 2.57. The number of sulfone groups is 1. The molecule has 0 radical (unpaired) electrons. The third-order valence-electron chi connectivity index (χ3n) is 3.60. The highest BCUT2D eigenvalue weighted by molar-refractivity contribution is 7.98. The lowest BCUT2D eigenvalue weighted by Crippen LogP contribution is -2.22. The molecule has 1 aliphatic rings. The molecule has 0 aromatic heterocycles. The van der Waals surface area contributed by atoms with Crippen molar-refractivity contribution in [2.45, 2.75) is 17.8 Å². The van der Waals surface area contributed by atoms with E-state index in [1.807, 2.05) is 0 Å². The summed E-state index contributed by atoms with van der Waals surface area (Å²) in [7, 11) is -7.42. The van der Waals surface area contributed by atoms with E-state index in [-0.39, 0.29) is 12.2 Å². The molecule has 0 saturated carbocycles. The Bertz CT molecular complexity index is 759. The average molecular weight is 352 g/mol. The lowest BCUT2D eigenvalue weighted by atomic mass is 10.3. The maximum atomic E-state index is 13.3.